The van der Waals surface area contributed by atoms with Gasteiger partial charge in [0.2, 0.25) is 0 Å². The summed E-state index contributed by atoms with van der Waals surface area (Å²) in [6.45, 7) is 4.28. The molecule has 2 aliphatic rings. The predicted molar refractivity (Wildman–Crippen MR) is 244 cm³/mol. The molecule has 14 nitrogen and oxygen atoms in total. The van der Waals surface area contributed by atoms with Crippen LogP contribution in [0.3, 0.4) is 0 Å². The number of amides is 2. The molecule has 0 atom stereocenters. The molecule has 0 radical (unpaired) electrons. The lowest BCUT2D eigenvalue weighted by atomic mass is 10.1. The van der Waals surface area contributed by atoms with E-state index in [1.807, 2.05) is 44.2 Å². The van der Waals surface area contributed by atoms with Gasteiger partial charge in [-0.05, 0) is 130 Å². The van der Waals surface area contributed by atoms with Gasteiger partial charge < -0.3 is 31.6 Å². The van der Waals surface area contributed by atoms with Gasteiger partial charge in [0.15, 0.2) is 0 Å². The van der Waals surface area contributed by atoms with Crippen LogP contribution in [0.15, 0.2) is 109 Å². The van der Waals surface area contributed by atoms with E-state index in [0.717, 1.165) is 59.6 Å². The normalized spacial score (nSPS) is 12.6. The lowest BCUT2D eigenvalue weighted by molar-refractivity contribution is 0.101. The fraction of sp³-hybridized carbons (Fsp3) is 0.200. The minimum Gasteiger partial charge on any atom is -0.487 e. The molecule has 2 fully saturated rings. The maximum absolute atomic E-state index is 13.1. The summed E-state index contributed by atoms with van der Waals surface area (Å²) in [5.41, 5.74) is 20.4. The Balaban J connectivity index is 0.000000192. The van der Waals surface area contributed by atoms with Gasteiger partial charge in [0.05, 0.1) is 57.2 Å². The zero-order valence-corrected chi connectivity index (χ0v) is 35.4. The van der Waals surface area contributed by atoms with Crippen LogP contribution in [0.5, 0.6) is 11.5 Å². The fourth-order valence-corrected chi connectivity index (χ4v) is 6.84. The van der Waals surface area contributed by atoms with E-state index in [9.17, 15) is 9.59 Å². The Morgan fingerprint density at radius 2 is 1.08 bits per heavy atom. The average Bonchev–Trinajstić information content (AvgIpc) is 4.24. The van der Waals surface area contributed by atoms with E-state index in [2.05, 4.69) is 27.8 Å². The van der Waals surface area contributed by atoms with E-state index < -0.39 is 0 Å². The molecule has 0 spiro atoms. The quantitative estimate of drug-likeness (QED) is 0.0450. The van der Waals surface area contributed by atoms with Crippen LogP contribution in [0.1, 0.15) is 114 Å². The highest BCUT2D eigenvalue weighted by atomic mass is 16.5. The number of amidine groups is 2. The summed E-state index contributed by atoms with van der Waals surface area (Å²) in [7, 11) is 0. The van der Waals surface area contributed by atoms with Crippen molar-refractivity contribution in [1.29, 1.82) is 21.3 Å². The number of ether oxygens (including phenoxy) is 2. The highest BCUT2D eigenvalue weighted by molar-refractivity contribution is 6.06. The Kier molecular flexibility index (Phi) is 13.4. The van der Waals surface area contributed by atoms with E-state index in [-0.39, 0.29) is 42.6 Å². The lowest BCUT2D eigenvalue weighted by Gasteiger charge is -2.15. The van der Waals surface area contributed by atoms with Gasteiger partial charge in [-0.15, -0.1) is 0 Å². The first-order chi connectivity index (χ1) is 30.9. The Morgan fingerprint density at radius 1 is 0.625 bits per heavy atom. The van der Waals surface area contributed by atoms with Crippen LogP contribution in [-0.4, -0.2) is 33.5 Å². The smallest absolute Gasteiger partial charge is 0.257 e. The first-order valence-electron chi connectivity index (χ1n) is 20.7. The standard InChI is InChI=1S/C25H26N6O2.C25H20N4O2/c1-14-21(33-13-15-3-2-4-18(11-15)24(28)29)12-20(22(30-14)16-5-6-16)25(32)31-19-9-7-17(8-10-19)23(26)27;1-16-23(31-15-19-4-2-3-18(11-19)14-27)12-22(24(28-16)20-7-8-20)25(30)29-21-9-5-17(13-26)6-10-21/h2-4,7-12,16H,5-6,13H2,1H3,(H3,26,27)(H3,28,29)(H,31,32);2-6,9-12,20H,7-8,15H2,1H3,(H,29,30). The number of hydrogen-bond acceptors (Lipinski definition) is 10. The second-order valence-electron chi connectivity index (χ2n) is 15.6. The van der Waals surface area contributed by atoms with E-state index in [1.165, 1.54) is 0 Å². The summed E-state index contributed by atoms with van der Waals surface area (Å²) in [6, 6.07) is 35.8. The predicted octanol–water partition coefficient (Wildman–Crippen LogP) is 8.51. The number of carbonyl (C=O) groups excluding carboxylic acids is 2. The zero-order valence-electron chi connectivity index (χ0n) is 35.4. The van der Waals surface area contributed by atoms with Gasteiger partial charge in [0, 0.05) is 34.3 Å². The topological polar surface area (TPSA) is 250 Å². The van der Waals surface area contributed by atoms with Crippen LogP contribution >= 0.6 is 0 Å². The number of nitrogens with two attached hydrogens (primary N) is 2. The molecule has 8 rings (SSSR count). The Morgan fingerprint density at radius 3 is 1.53 bits per heavy atom. The molecule has 2 heterocycles. The Bertz CT molecular complexity index is 2840. The molecule has 0 bridgehead atoms. The number of nitriles is 2. The van der Waals surface area contributed by atoms with Crippen molar-refractivity contribution in [2.45, 2.75) is 64.6 Å². The molecule has 8 N–H and O–H groups in total. The largest absolute Gasteiger partial charge is 0.487 e. The van der Waals surface area contributed by atoms with E-state index in [4.69, 9.17) is 47.3 Å². The number of nitrogen functional groups attached to an aromatic ring is 2. The summed E-state index contributed by atoms with van der Waals surface area (Å²) in [5, 5.41) is 38.9. The lowest BCUT2D eigenvalue weighted by Crippen LogP contribution is -2.17. The number of nitrogens with one attached hydrogen (secondary N) is 4. The third-order valence-corrected chi connectivity index (χ3v) is 10.6. The third-order valence-electron chi connectivity index (χ3n) is 10.6. The minimum absolute atomic E-state index is 0.00113. The summed E-state index contributed by atoms with van der Waals surface area (Å²) in [6.07, 6.45) is 4.06. The maximum Gasteiger partial charge on any atom is 0.257 e. The molecule has 4 aromatic carbocycles. The van der Waals surface area contributed by atoms with Gasteiger partial charge in [-0.1, -0.05) is 30.3 Å². The van der Waals surface area contributed by atoms with E-state index in [0.29, 0.717) is 62.2 Å². The van der Waals surface area contributed by atoms with Gasteiger partial charge in [-0.2, -0.15) is 10.5 Å². The van der Waals surface area contributed by atoms with Crippen molar-refractivity contribution < 1.29 is 19.1 Å². The van der Waals surface area contributed by atoms with Crippen LogP contribution in [0, 0.1) is 47.3 Å². The van der Waals surface area contributed by atoms with Crippen molar-refractivity contribution >= 4 is 34.9 Å². The van der Waals surface area contributed by atoms with Crippen molar-refractivity contribution in [1.82, 2.24) is 9.97 Å². The summed E-state index contributed by atoms with van der Waals surface area (Å²) >= 11 is 0. The molecular weight excluding hydrogens is 805 g/mol. The van der Waals surface area contributed by atoms with Crippen LogP contribution < -0.4 is 31.6 Å². The van der Waals surface area contributed by atoms with Gasteiger partial charge in [-0.3, -0.25) is 30.4 Å². The summed E-state index contributed by atoms with van der Waals surface area (Å²) < 4.78 is 12.0. The number of hydrogen-bond donors (Lipinski definition) is 6. The van der Waals surface area contributed by atoms with Gasteiger partial charge in [0.1, 0.15) is 36.4 Å². The minimum atomic E-state index is -0.261. The number of anilines is 2. The zero-order chi connectivity index (χ0) is 45.3. The highest BCUT2D eigenvalue weighted by Crippen LogP contribution is 2.43. The molecule has 0 saturated heterocycles. The number of aromatic nitrogens is 2. The molecule has 0 unspecified atom stereocenters. The van der Waals surface area contributed by atoms with Gasteiger partial charge >= 0.3 is 0 Å². The molecular formula is C50H46N10O4. The number of nitrogens with zero attached hydrogens (tertiary/aromatic N) is 4. The molecule has 14 heteroatoms. The molecule has 2 saturated carbocycles. The van der Waals surface area contributed by atoms with Crippen molar-refractivity contribution in [3.8, 4) is 23.6 Å². The van der Waals surface area contributed by atoms with E-state index in [1.54, 1.807) is 78.9 Å². The van der Waals surface area contributed by atoms with Gasteiger partial charge in [-0.25, -0.2) is 0 Å². The van der Waals surface area contributed by atoms with Crippen LogP contribution in [0.2, 0.25) is 0 Å². The van der Waals surface area contributed by atoms with Gasteiger partial charge in [0.25, 0.3) is 11.8 Å². The third kappa shape index (κ3) is 11.1. The van der Waals surface area contributed by atoms with Crippen molar-refractivity contribution in [2.75, 3.05) is 10.6 Å². The fourth-order valence-electron chi connectivity index (χ4n) is 6.84. The highest BCUT2D eigenvalue weighted by Gasteiger charge is 2.32. The number of benzene rings is 4. The van der Waals surface area contributed by atoms with Crippen LogP contribution in [0.4, 0.5) is 11.4 Å². The molecule has 2 aliphatic carbocycles. The number of carbonyl (C=O) groups is 2. The number of aryl methyl sites for hydroxylation is 2. The van der Waals surface area contributed by atoms with Crippen molar-refractivity contribution in [3.63, 3.8) is 0 Å². The molecule has 64 heavy (non-hydrogen) atoms. The maximum atomic E-state index is 13.1. The first kappa shape index (κ1) is 43.7. The number of rotatable bonds is 14. The first-order valence-corrected chi connectivity index (χ1v) is 20.7. The second kappa shape index (κ2) is 19.6. The molecule has 2 aromatic heterocycles. The molecule has 0 aliphatic heterocycles. The molecule has 2 amide bonds. The average molecular weight is 851 g/mol. The summed E-state index contributed by atoms with van der Waals surface area (Å²) in [5.74, 6) is 1.11. The Hall–Kier alpha value is -8.36. The summed E-state index contributed by atoms with van der Waals surface area (Å²) in [4.78, 5) is 35.6. The monoisotopic (exact) mass is 850 g/mol. The molecule has 6 aromatic rings. The Labute approximate surface area is 370 Å². The SMILES string of the molecule is Cc1nc(C2CC2)c(C(=O)Nc2ccc(C#N)cc2)cc1OCc1cccc(C#N)c1.Cc1nc(C2CC2)c(C(=O)Nc2ccc(C(=N)N)cc2)cc1OCc1cccc(C(=N)N)c1. The second-order valence-corrected chi connectivity index (χ2v) is 15.6. The van der Waals surface area contributed by atoms with Crippen molar-refractivity contribution in [3.05, 3.63) is 176 Å². The van der Waals surface area contributed by atoms with Crippen molar-refractivity contribution in [2.24, 2.45) is 11.5 Å². The molecule has 320 valence electrons. The van der Waals surface area contributed by atoms with Crippen LogP contribution in [-0.2, 0) is 13.2 Å². The van der Waals surface area contributed by atoms with E-state index >= 15 is 0 Å². The van der Waals surface area contributed by atoms with Crippen LogP contribution in [0.25, 0.3) is 0 Å². The number of pyridine rings is 2.